The number of hydrogen-bond acceptors (Lipinski definition) is 3. The monoisotopic (exact) mass is 261 g/mol. The van der Waals surface area contributed by atoms with Crippen LogP contribution in [-0.2, 0) is 6.54 Å². The second-order valence-corrected chi connectivity index (χ2v) is 5.25. The lowest BCUT2D eigenvalue weighted by molar-refractivity contribution is 0.373. The van der Waals surface area contributed by atoms with Crippen LogP contribution in [0.1, 0.15) is 5.56 Å². The molecule has 0 saturated heterocycles. The summed E-state index contributed by atoms with van der Waals surface area (Å²) >= 11 is 5.08. The summed E-state index contributed by atoms with van der Waals surface area (Å²) in [5, 5.41) is 9.22. The third kappa shape index (κ3) is 3.89. The maximum Gasteiger partial charge on any atom is 0.105 e. The lowest BCUT2D eigenvalue weighted by Crippen LogP contribution is -2.29. The minimum absolute atomic E-state index is 0.205. The van der Waals surface area contributed by atoms with Crippen molar-refractivity contribution in [3.05, 3.63) is 20.8 Å². The molecule has 1 aromatic rings. The van der Waals surface area contributed by atoms with E-state index in [0.29, 0.717) is 6.54 Å². The molecular weight excluding hydrogens is 250 g/mol. The molecule has 0 aliphatic heterocycles. The molecule has 0 saturated carbocycles. The van der Waals surface area contributed by atoms with Gasteiger partial charge in [-0.15, -0.1) is 11.3 Å². The lowest BCUT2D eigenvalue weighted by atomic mass is 10.3. The van der Waals surface area contributed by atoms with Gasteiger partial charge in [-0.25, -0.2) is 0 Å². The highest BCUT2D eigenvalue weighted by Gasteiger charge is 2.03. The zero-order valence-electron chi connectivity index (χ0n) is 7.38. The first kappa shape index (κ1) is 10.7. The van der Waals surface area contributed by atoms with Gasteiger partial charge in [-0.3, -0.25) is 10.3 Å². The topological polar surface area (TPSA) is 53.1 Å². The maximum absolute atomic E-state index is 7.13. The average Bonchev–Trinajstić information content (AvgIpc) is 2.33. The molecule has 0 atom stereocenters. The van der Waals surface area contributed by atoms with E-state index in [-0.39, 0.29) is 5.84 Å². The van der Waals surface area contributed by atoms with Crippen LogP contribution in [0.4, 0.5) is 0 Å². The summed E-state index contributed by atoms with van der Waals surface area (Å²) in [7, 11) is 1.95. The van der Waals surface area contributed by atoms with Crippen LogP contribution in [-0.4, -0.2) is 24.3 Å². The predicted molar refractivity (Wildman–Crippen MR) is 60.3 cm³/mol. The van der Waals surface area contributed by atoms with E-state index in [4.69, 9.17) is 11.1 Å². The van der Waals surface area contributed by atoms with Gasteiger partial charge in [0.15, 0.2) is 0 Å². The van der Waals surface area contributed by atoms with Crippen molar-refractivity contribution in [2.75, 3.05) is 13.6 Å². The summed E-state index contributed by atoms with van der Waals surface area (Å²) in [4.78, 5) is 2.01. The van der Waals surface area contributed by atoms with Crippen molar-refractivity contribution in [3.63, 3.8) is 0 Å². The van der Waals surface area contributed by atoms with Gasteiger partial charge in [0.2, 0.25) is 0 Å². The highest BCUT2D eigenvalue weighted by Crippen LogP contribution is 2.21. The van der Waals surface area contributed by atoms with E-state index in [1.54, 1.807) is 11.3 Å². The van der Waals surface area contributed by atoms with Crippen molar-refractivity contribution >= 4 is 33.1 Å². The summed E-state index contributed by atoms with van der Waals surface area (Å²) in [5.74, 6) is 0.205. The van der Waals surface area contributed by atoms with E-state index in [9.17, 15) is 0 Å². The number of likely N-dealkylation sites (N-methyl/N-ethyl adjacent to an activating group) is 1. The largest absolute Gasteiger partial charge is 0.387 e. The molecular formula is C8H12BrN3S. The van der Waals surface area contributed by atoms with Crippen molar-refractivity contribution in [2.24, 2.45) is 5.73 Å². The summed E-state index contributed by atoms with van der Waals surface area (Å²) in [5.41, 5.74) is 6.54. The molecule has 0 radical (unpaired) electrons. The molecule has 1 heterocycles. The normalized spacial score (nSPS) is 10.7. The number of thiophene rings is 1. The summed E-state index contributed by atoms with van der Waals surface area (Å²) in [6.07, 6.45) is 0. The fourth-order valence-corrected chi connectivity index (χ4v) is 2.29. The van der Waals surface area contributed by atoms with E-state index < -0.39 is 0 Å². The third-order valence-electron chi connectivity index (χ3n) is 1.51. The minimum atomic E-state index is 0.205. The van der Waals surface area contributed by atoms with Gasteiger partial charge < -0.3 is 5.73 Å². The van der Waals surface area contributed by atoms with Crippen LogP contribution in [0.15, 0.2) is 15.2 Å². The molecule has 0 fully saturated rings. The second kappa shape index (κ2) is 4.74. The number of rotatable bonds is 4. The third-order valence-corrected chi connectivity index (χ3v) is 3.07. The van der Waals surface area contributed by atoms with Crippen LogP contribution >= 0.6 is 27.3 Å². The van der Waals surface area contributed by atoms with E-state index in [0.717, 1.165) is 10.3 Å². The fourth-order valence-electron chi connectivity index (χ4n) is 1.09. The quantitative estimate of drug-likeness (QED) is 0.643. The van der Waals surface area contributed by atoms with Crippen molar-refractivity contribution < 1.29 is 0 Å². The van der Waals surface area contributed by atoms with Crippen molar-refractivity contribution in [1.82, 2.24) is 4.90 Å². The Morgan fingerprint density at radius 2 is 2.46 bits per heavy atom. The van der Waals surface area contributed by atoms with Crippen LogP contribution in [0.5, 0.6) is 0 Å². The van der Waals surface area contributed by atoms with Gasteiger partial charge in [-0.05, 0) is 40.0 Å². The number of nitrogens with one attached hydrogen (secondary N) is 1. The Bertz CT molecular complexity index is 297. The van der Waals surface area contributed by atoms with Gasteiger partial charge in [0, 0.05) is 6.54 Å². The number of amidine groups is 1. The fraction of sp³-hybridized carbons (Fsp3) is 0.375. The Morgan fingerprint density at radius 3 is 2.92 bits per heavy atom. The molecule has 0 aromatic carbocycles. The van der Waals surface area contributed by atoms with Crippen LogP contribution in [0.3, 0.4) is 0 Å². The Balaban J connectivity index is 2.44. The molecule has 0 aliphatic carbocycles. The van der Waals surface area contributed by atoms with Crippen LogP contribution in [0.2, 0.25) is 0 Å². The summed E-state index contributed by atoms with van der Waals surface area (Å²) in [6, 6.07) is 2.08. The van der Waals surface area contributed by atoms with E-state index in [2.05, 4.69) is 27.4 Å². The first-order valence-electron chi connectivity index (χ1n) is 3.82. The van der Waals surface area contributed by atoms with Crippen molar-refractivity contribution in [1.29, 1.82) is 5.41 Å². The highest BCUT2D eigenvalue weighted by molar-refractivity contribution is 9.11. The first-order valence-corrected chi connectivity index (χ1v) is 5.49. The maximum atomic E-state index is 7.13. The zero-order valence-corrected chi connectivity index (χ0v) is 9.78. The van der Waals surface area contributed by atoms with Gasteiger partial charge >= 0.3 is 0 Å². The molecule has 3 N–H and O–H groups in total. The molecule has 5 heteroatoms. The predicted octanol–water partition coefficient (Wildman–Crippen LogP) is 1.88. The second-order valence-electron chi connectivity index (χ2n) is 2.96. The molecule has 1 aromatic heterocycles. The van der Waals surface area contributed by atoms with Crippen molar-refractivity contribution in [2.45, 2.75) is 6.54 Å². The van der Waals surface area contributed by atoms with Gasteiger partial charge in [0.25, 0.3) is 0 Å². The van der Waals surface area contributed by atoms with Gasteiger partial charge in [0.05, 0.1) is 10.3 Å². The highest BCUT2D eigenvalue weighted by atomic mass is 79.9. The Hall–Kier alpha value is -0.390. The smallest absolute Gasteiger partial charge is 0.105 e. The van der Waals surface area contributed by atoms with Crippen LogP contribution < -0.4 is 5.73 Å². The minimum Gasteiger partial charge on any atom is -0.387 e. The molecule has 3 nitrogen and oxygen atoms in total. The van der Waals surface area contributed by atoms with Crippen LogP contribution in [0.25, 0.3) is 0 Å². The number of halogens is 1. The molecule has 0 spiro atoms. The Kier molecular flexibility index (Phi) is 3.90. The molecule has 72 valence electrons. The number of hydrogen-bond donors (Lipinski definition) is 2. The van der Waals surface area contributed by atoms with Gasteiger partial charge in [-0.2, -0.15) is 0 Å². The molecule has 0 aliphatic rings. The molecule has 1 rings (SSSR count). The summed E-state index contributed by atoms with van der Waals surface area (Å²) in [6.45, 7) is 1.36. The first-order chi connectivity index (χ1) is 6.08. The number of nitrogens with two attached hydrogens (primary N) is 1. The van der Waals surface area contributed by atoms with Gasteiger partial charge in [0.1, 0.15) is 5.84 Å². The van der Waals surface area contributed by atoms with Gasteiger partial charge in [-0.1, -0.05) is 0 Å². The molecule has 0 unspecified atom stereocenters. The van der Waals surface area contributed by atoms with Crippen molar-refractivity contribution in [3.8, 4) is 0 Å². The van der Waals surface area contributed by atoms with E-state index >= 15 is 0 Å². The Labute approximate surface area is 90.2 Å². The standard InChI is InChI=1S/C8H12BrN3S/c1-12(4-8(10)11)3-6-2-7(9)13-5-6/h2,5H,3-4H2,1H3,(H3,10,11). The average molecular weight is 262 g/mol. The molecule has 0 amide bonds. The lowest BCUT2D eigenvalue weighted by Gasteiger charge is -2.13. The Morgan fingerprint density at radius 1 is 1.77 bits per heavy atom. The van der Waals surface area contributed by atoms with E-state index in [1.165, 1.54) is 5.56 Å². The van der Waals surface area contributed by atoms with Crippen LogP contribution in [0, 0.1) is 5.41 Å². The molecule has 0 bridgehead atoms. The molecule has 13 heavy (non-hydrogen) atoms. The zero-order chi connectivity index (χ0) is 9.84. The number of nitrogens with zero attached hydrogens (tertiary/aromatic N) is 1. The van der Waals surface area contributed by atoms with E-state index in [1.807, 2.05) is 11.9 Å². The summed E-state index contributed by atoms with van der Waals surface area (Å²) < 4.78 is 1.14. The SMILES string of the molecule is CN(CC(=N)N)Cc1csc(Br)c1.